The summed E-state index contributed by atoms with van der Waals surface area (Å²) in [7, 11) is -1.29. The topological polar surface area (TPSA) is 74.2 Å². The van der Waals surface area contributed by atoms with Crippen LogP contribution in [0.25, 0.3) is 0 Å². The van der Waals surface area contributed by atoms with E-state index in [4.69, 9.17) is 14.0 Å². The lowest BCUT2D eigenvalue weighted by Gasteiger charge is -2.17. The van der Waals surface area contributed by atoms with Crippen molar-refractivity contribution in [2.45, 2.75) is 116 Å². The first-order valence-corrected chi connectivity index (χ1v) is 13.7. The molecule has 0 aromatic carbocycles. The quantitative estimate of drug-likeness (QED) is 0.125. The van der Waals surface area contributed by atoms with Crippen LogP contribution in [0.1, 0.15) is 110 Å². The van der Waals surface area contributed by atoms with Gasteiger partial charge in [-0.05, 0) is 6.42 Å². The summed E-state index contributed by atoms with van der Waals surface area (Å²) in [6.07, 6.45) is 21.2. The van der Waals surface area contributed by atoms with Gasteiger partial charge < -0.3 is 14.4 Å². The second-order valence-corrected chi connectivity index (χ2v) is 9.74. The van der Waals surface area contributed by atoms with Crippen LogP contribution in [0, 0.1) is 0 Å². The van der Waals surface area contributed by atoms with E-state index in [1.807, 2.05) is 0 Å². The Morgan fingerprint density at radius 1 is 0.700 bits per heavy atom. The average Bonchev–Trinajstić information content (AvgIpc) is 2.75. The molecule has 2 atom stereocenters. The van der Waals surface area contributed by atoms with Crippen molar-refractivity contribution in [3.05, 3.63) is 0 Å². The molecule has 1 unspecified atom stereocenters. The fourth-order valence-corrected chi connectivity index (χ4v) is 3.84. The molecular formula is C23H49O6P. The van der Waals surface area contributed by atoms with Crippen LogP contribution in [0.2, 0.25) is 0 Å². The van der Waals surface area contributed by atoms with E-state index in [0.29, 0.717) is 13.2 Å². The molecule has 0 amide bonds. The number of ether oxygens (including phenoxy) is 2. The molecule has 182 valence electrons. The summed E-state index contributed by atoms with van der Waals surface area (Å²) in [5.41, 5.74) is 0. The third kappa shape index (κ3) is 21.3. The summed E-state index contributed by atoms with van der Waals surface area (Å²) >= 11 is 0. The molecular weight excluding hydrogens is 403 g/mol. The minimum absolute atomic E-state index is 0.0307. The zero-order valence-corrected chi connectivity index (χ0v) is 20.8. The molecule has 0 saturated heterocycles. The van der Waals surface area contributed by atoms with Gasteiger partial charge >= 0.3 is 7.82 Å². The van der Waals surface area contributed by atoms with Crippen LogP contribution in [-0.4, -0.2) is 45.0 Å². The Bertz CT molecular complexity index is 394. The van der Waals surface area contributed by atoms with E-state index >= 15 is 0 Å². The van der Waals surface area contributed by atoms with Crippen LogP contribution in [0.5, 0.6) is 0 Å². The van der Waals surface area contributed by atoms with Crippen LogP contribution in [0.3, 0.4) is 0 Å². The molecule has 0 rings (SSSR count). The number of unbranched alkanes of at least 4 members (excludes halogenated alkanes) is 15. The Kier molecular flexibility index (Phi) is 22.3. The van der Waals surface area contributed by atoms with Gasteiger partial charge in [0.25, 0.3) is 0 Å². The Labute approximate surface area is 186 Å². The Morgan fingerprint density at radius 3 is 1.53 bits per heavy atom. The molecule has 0 saturated carbocycles. The van der Waals surface area contributed by atoms with E-state index in [1.165, 1.54) is 103 Å². The van der Waals surface area contributed by atoms with Gasteiger partial charge in [-0.1, -0.05) is 103 Å². The molecule has 0 radical (unpaired) electrons. The van der Waals surface area contributed by atoms with Crippen molar-refractivity contribution >= 4 is 7.82 Å². The van der Waals surface area contributed by atoms with Gasteiger partial charge in [0.1, 0.15) is 6.10 Å². The van der Waals surface area contributed by atoms with Crippen molar-refractivity contribution in [3.63, 3.8) is 0 Å². The summed E-state index contributed by atoms with van der Waals surface area (Å²) < 4.78 is 31.2. The van der Waals surface area contributed by atoms with Gasteiger partial charge in [-0.15, -0.1) is 0 Å². The number of phosphoric ester groups is 1. The predicted octanol–water partition coefficient (Wildman–Crippen LogP) is 7.04. The molecule has 0 aliphatic rings. The molecule has 1 N–H and O–H groups in total. The van der Waals surface area contributed by atoms with Crippen LogP contribution in [-0.2, 0) is 23.1 Å². The summed E-state index contributed by atoms with van der Waals surface area (Å²) in [5.74, 6) is 0. The summed E-state index contributed by atoms with van der Waals surface area (Å²) in [4.78, 5) is 9.21. The predicted molar refractivity (Wildman–Crippen MR) is 124 cm³/mol. The maximum absolute atomic E-state index is 11.3. The van der Waals surface area contributed by atoms with Gasteiger partial charge in [0, 0.05) is 20.8 Å². The molecule has 0 fully saturated rings. The molecule has 0 aliphatic heterocycles. The molecule has 0 heterocycles. The largest absolute Gasteiger partial charge is 0.472 e. The molecule has 0 aliphatic carbocycles. The van der Waals surface area contributed by atoms with E-state index < -0.39 is 7.82 Å². The second kappa shape index (κ2) is 22.2. The zero-order valence-electron chi connectivity index (χ0n) is 19.9. The number of hydrogen-bond donors (Lipinski definition) is 1. The van der Waals surface area contributed by atoms with Gasteiger partial charge in [0.05, 0.1) is 13.2 Å². The van der Waals surface area contributed by atoms with Crippen molar-refractivity contribution in [1.82, 2.24) is 0 Å². The van der Waals surface area contributed by atoms with E-state index in [1.54, 1.807) is 0 Å². The third-order valence-corrected chi connectivity index (χ3v) is 6.37. The fourth-order valence-electron chi connectivity index (χ4n) is 3.38. The smallest absolute Gasteiger partial charge is 0.379 e. The molecule has 7 heteroatoms. The van der Waals surface area contributed by atoms with E-state index in [0.717, 1.165) is 13.5 Å². The normalized spacial score (nSPS) is 14.7. The maximum Gasteiger partial charge on any atom is 0.472 e. The van der Waals surface area contributed by atoms with E-state index in [9.17, 15) is 9.46 Å². The lowest BCUT2D eigenvalue weighted by molar-refractivity contribution is -0.0211. The van der Waals surface area contributed by atoms with Crippen LogP contribution >= 0.6 is 7.82 Å². The zero-order chi connectivity index (χ0) is 22.3. The minimum Gasteiger partial charge on any atom is -0.379 e. The van der Waals surface area contributed by atoms with Crippen molar-refractivity contribution in [2.75, 3.05) is 34.0 Å². The van der Waals surface area contributed by atoms with Crippen LogP contribution in [0.4, 0.5) is 0 Å². The first-order valence-electron chi connectivity index (χ1n) is 12.2. The average molecular weight is 453 g/mol. The molecule has 0 aromatic rings. The summed E-state index contributed by atoms with van der Waals surface area (Å²) in [6, 6.07) is 0. The summed E-state index contributed by atoms with van der Waals surface area (Å²) in [5, 5.41) is 0. The Morgan fingerprint density at radius 2 is 1.13 bits per heavy atom. The monoisotopic (exact) mass is 452 g/mol. The standard InChI is InChI=1S/C23H49O6P/c1-4-5-6-7-8-9-10-11-12-13-14-15-16-17-18-19-20-28-21-23(26-2)22-29-30(24,25)27-3/h23H,4-22H2,1-3H3,(H,24,25)/t23-/m1/s1. The molecule has 30 heavy (non-hydrogen) atoms. The van der Waals surface area contributed by atoms with Gasteiger partial charge in [-0.25, -0.2) is 4.57 Å². The minimum atomic E-state index is -3.95. The number of rotatable bonds is 24. The highest BCUT2D eigenvalue weighted by Gasteiger charge is 2.21. The van der Waals surface area contributed by atoms with E-state index in [-0.39, 0.29) is 12.7 Å². The highest BCUT2D eigenvalue weighted by atomic mass is 31.2. The van der Waals surface area contributed by atoms with Gasteiger partial charge in [0.15, 0.2) is 0 Å². The number of phosphoric acid groups is 1. The molecule has 0 spiro atoms. The third-order valence-electron chi connectivity index (χ3n) is 5.43. The molecule has 0 bridgehead atoms. The van der Waals surface area contributed by atoms with Crippen molar-refractivity contribution in [2.24, 2.45) is 0 Å². The highest BCUT2D eigenvalue weighted by Crippen LogP contribution is 2.41. The summed E-state index contributed by atoms with van der Waals surface area (Å²) in [6.45, 7) is 3.27. The van der Waals surface area contributed by atoms with Crippen molar-refractivity contribution in [3.8, 4) is 0 Å². The lowest BCUT2D eigenvalue weighted by atomic mass is 10.0. The first kappa shape index (κ1) is 30.0. The highest BCUT2D eigenvalue weighted by molar-refractivity contribution is 7.47. The molecule has 6 nitrogen and oxygen atoms in total. The van der Waals surface area contributed by atoms with Gasteiger partial charge in [0.2, 0.25) is 0 Å². The van der Waals surface area contributed by atoms with Crippen molar-refractivity contribution < 1.29 is 28.0 Å². The fraction of sp³-hybridized carbons (Fsp3) is 1.00. The Balaban J connectivity index is 3.28. The van der Waals surface area contributed by atoms with Crippen LogP contribution < -0.4 is 0 Å². The van der Waals surface area contributed by atoms with Crippen molar-refractivity contribution in [1.29, 1.82) is 0 Å². The first-order chi connectivity index (χ1) is 14.6. The lowest BCUT2D eigenvalue weighted by Crippen LogP contribution is -2.24. The van der Waals surface area contributed by atoms with Gasteiger partial charge in [-0.2, -0.15) is 0 Å². The Hall–Kier alpha value is 0.0300. The molecule has 0 aromatic heterocycles. The maximum atomic E-state index is 11.3. The van der Waals surface area contributed by atoms with Crippen LogP contribution in [0.15, 0.2) is 0 Å². The number of methoxy groups -OCH3 is 1. The SMILES string of the molecule is CCCCCCCCCCCCCCCCCCOC[C@H](COP(=O)(O)OC)OC. The number of hydrogen-bond acceptors (Lipinski definition) is 5. The second-order valence-electron chi connectivity index (χ2n) is 8.18. The van der Waals surface area contributed by atoms with Gasteiger partial charge in [-0.3, -0.25) is 9.05 Å². The van der Waals surface area contributed by atoms with E-state index in [2.05, 4.69) is 11.4 Å².